The van der Waals surface area contributed by atoms with Gasteiger partial charge in [0.2, 0.25) is 11.5 Å². The number of aromatic nitrogens is 1. The van der Waals surface area contributed by atoms with Crippen LogP contribution in [0.1, 0.15) is 43.7 Å². The summed E-state index contributed by atoms with van der Waals surface area (Å²) >= 11 is 0. The van der Waals surface area contributed by atoms with Gasteiger partial charge in [-0.3, -0.25) is 0 Å². The zero-order chi connectivity index (χ0) is 19.0. The monoisotopic (exact) mass is 363 g/mol. The zero-order valence-electron chi connectivity index (χ0n) is 16.6. The lowest BCUT2D eigenvalue weighted by atomic mass is 10.2. The standard InChI is InChI=1S/C23H27N2O2/c1-5-13-24-18-11-7-9-16(3)22(18)26-20(24)15-21-25(14-6-2)19-12-8-10-17(4)23(19)27-21/h7-12,15H,5-6,13-14H2,1-4H3/q+1. The van der Waals surface area contributed by atoms with Crippen molar-refractivity contribution in [3.05, 3.63) is 59.3 Å². The van der Waals surface area contributed by atoms with Crippen molar-refractivity contribution >= 4 is 22.9 Å². The van der Waals surface area contributed by atoms with Crippen molar-refractivity contribution in [2.45, 2.75) is 47.1 Å². The predicted octanol–water partition coefficient (Wildman–Crippen LogP) is 5.35. The van der Waals surface area contributed by atoms with Crippen LogP contribution in [0.5, 0.6) is 5.75 Å². The molecule has 27 heavy (non-hydrogen) atoms. The third-order valence-corrected chi connectivity index (χ3v) is 5.05. The Balaban J connectivity index is 1.84. The molecule has 0 atom stereocenters. The second kappa shape index (κ2) is 7.10. The van der Waals surface area contributed by atoms with E-state index in [1.165, 1.54) is 0 Å². The molecule has 2 heterocycles. The summed E-state index contributed by atoms with van der Waals surface area (Å²) in [4.78, 5) is 2.25. The van der Waals surface area contributed by atoms with Gasteiger partial charge in [-0.15, -0.1) is 0 Å². The number of benzene rings is 2. The minimum absolute atomic E-state index is 0.836. The Kier molecular flexibility index (Phi) is 4.65. The number of oxazole rings is 1. The van der Waals surface area contributed by atoms with E-state index in [-0.39, 0.29) is 0 Å². The van der Waals surface area contributed by atoms with E-state index < -0.39 is 0 Å². The SMILES string of the molecule is CCCN1C(=Cc2oc3c(C)cccc3[n+]2CCC)Oc2c(C)cccc21. The number of anilines is 1. The van der Waals surface area contributed by atoms with Gasteiger partial charge in [0.05, 0.1) is 5.69 Å². The molecule has 4 rings (SSSR count). The predicted molar refractivity (Wildman–Crippen MR) is 109 cm³/mol. The van der Waals surface area contributed by atoms with Crippen LogP contribution in [-0.2, 0) is 6.54 Å². The minimum atomic E-state index is 0.836. The van der Waals surface area contributed by atoms with E-state index in [4.69, 9.17) is 9.15 Å². The summed E-state index contributed by atoms with van der Waals surface area (Å²) in [7, 11) is 0. The minimum Gasteiger partial charge on any atom is -0.438 e. The number of ether oxygens (including phenoxy) is 1. The Hall–Kier alpha value is -2.75. The summed E-state index contributed by atoms with van der Waals surface area (Å²) in [6.45, 7) is 10.4. The van der Waals surface area contributed by atoms with Gasteiger partial charge in [0.25, 0.3) is 5.52 Å². The molecule has 0 fully saturated rings. The third kappa shape index (κ3) is 2.99. The smallest absolute Gasteiger partial charge is 0.379 e. The van der Waals surface area contributed by atoms with E-state index in [0.717, 1.165) is 71.4 Å². The van der Waals surface area contributed by atoms with E-state index in [1.54, 1.807) is 0 Å². The van der Waals surface area contributed by atoms with Crippen LogP contribution in [0.15, 0.2) is 46.7 Å². The highest BCUT2D eigenvalue weighted by atomic mass is 16.5. The van der Waals surface area contributed by atoms with Crippen molar-refractivity contribution in [2.24, 2.45) is 0 Å². The summed E-state index contributed by atoms with van der Waals surface area (Å²) in [6.07, 6.45) is 4.13. The van der Waals surface area contributed by atoms with Crippen LogP contribution in [0.3, 0.4) is 0 Å². The van der Waals surface area contributed by atoms with Crippen molar-refractivity contribution in [3.63, 3.8) is 0 Å². The molecule has 0 spiro atoms. The summed E-state index contributed by atoms with van der Waals surface area (Å²) in [5.41, 5.74) is 5.53. The van der Waals surface area contributed by atoms with Crippen LogP contribution in [-0.4, -0.2) is 6.54 Å². The fourth-order valence-corrected chi connectivity index (χ4v) is 3.75. The highest BCUT2D eigenvalue weighted by molar-refractivity contribution is 5.75. The Morgan fingerprint density at radius 1 is 1.00 bits per heavy atom. The number of para-hydroxylation sites is 2. The van der Waals surface area contributed by atoms with Gasteiger partial charge in [-0.05, 0) is 37.5 Å². The molecule has 3 aromatic rings. The molecular weight excluding hydrogens is 336 g/mol. The number of nitrogens with zero attached hydrogens (tertiary/aromatic N) is 2. The topological polar surface area (TPSA) is 29.5 Å². The molecule has 0 unspecified atom stereocenters. The first-order valence-corrected chi connectivity index (χ1v) is 9.82. The molecule has 4 nitrogen and oxygen atoms in total. The van der Waals surface area contributed by atoms with Gasteiger partial charge in [-0.25, -0.2) is 0 Å². The molecule has 4 heteroatoms. The Bertz CT molecular complexity index is 1020. The summed E-state index contributed by atoms with van der Waals surface area (Å²) < 4.78 is 14.8. The van der Waals surface area contributed by atoms with Crippen LogP contribution in [0.4, 0.5) is 5.69 Å². The summed E-state index contributed by atoms with van der Waals surface area (Å²) in [5.74, 6) is 2.62. The second-order valence-electron chi connectivity index (χ2n) is 7.17. The first-order chi connectivity index (χ1) is 13.1. The number of aryl methyl sites for hydroxylation is 3. The quantitative estimate of drug-likeness (QED) is 0.572. The highest BCUT2D eigenvalue weighted by Crippen LogP contribution is 2.41. The lowest BCUT2D eigenvalue weighted by Crippen LogP contribution is -2.35. The van der Waals surface area contributed by atoms with E-state index in [9.17, 15) is 0 Å². The van der Waals surface area contributed by atoms with Crippen molar-refractivity contribution in [2.75, 3.05) is 11.4 Å². The number of hydrogen-bond donors (Lipinski definition) is 0. The van der Waals surface area contributed by atoms with Gasteiger partial charge in [0.1, 0.15) is 6.08 Å². The van der Waals surface area contributed by atoms with Gasteiger partial charge in [0, 0.05) is 19.0 Å². The molecular formula is C23H27N2O2+. The molecule has 2 aromatic carbocycles. The van der Waals surface area contributed by atoms with Gasteiger partial charge in [-0.2, -0.15) is 4.57 Å². The number of fused-ring (bicyclic) bond motifs is 2. The molecule has 1 aliphatic heterocycles. The molecule has 0 bridgehead atoms. The summed E-state index contributed by atoms with van der Waals surface area (Å²) in [5, 5.41) is 0. The molecule has 0 aliphatic carbocycles. The van der Waals surface area contributed by atoms with Crippen LogP contribution < -0.4 is 14.2 Å². The highest BCUT2D eigenvalue weighted by Gasteiger charge is 2.30. The first kappa shape index (κ1) is 17.7. The largest absolute Gasteiger partial charge is 0.438 e. The van der Waals surface area contributed by atoms with Crippen molar-refractivity contribution in [3.8, 4) is 5.75 Å². The average Bonchev–Trinajstić information content (AvgIpc) is 3.18. The lowest BCUT2D eigenvalue weighted by molar-refractivity contribution is -0.678. The fraction of sp³-hybridized carbons (Fsp3) is 0.348. The summed E-state index contributed by atoms with van der Waals surface area (Å²) in [6, 6.07) is 12.6. The van der Waals surface area contributed by atoms with Crippen LogP contribution in [0.2, 0.25) is 0 Å². The zero-order valence-corrected chi connectivity index (χ0v) is 16.6. The van der Waals surface area contributed by atoms with E-state index in [0.29, 0.717) is 0 Å². The molecule has 0 saturated carbocycles. The Morgan fingerprint density at radius 2 is 1.78 bits per heavy atom. The average molecular weight is 363 g/mol. The Morgan fingerprint density at radius 3 is 2.56 bits per heavy atom. The first-order valence-electron chi connectivity index (χ1n) is 9.82. The number of rotatable bonds is 5. The Labute approximate surface area is 160 Å². The fourth-order valence-electron chi connectivity index (χ4n) is 3.75. The van der Waals surface area contributed by atoms with Crippen molar-refractivity contribution in [1.29, 1.82) is 0 Å². The van der Waals surface area contributed by atoms with Gasteiger partial charge in [-0.1, -0.05) is 38.1 Å². The molecule has 0 N–H and O–H groups in total. The van der Waals surface area contributed by atoms with Crippen molar-refractivity contribution < 1.29 is 13.7 Å². The molecule has 0 radical (unpaired) electrons. The van der Waals surface area contributed by atoms with Gasteiger partial charge < -0.3 is 14.1 Å². The lowest BCUT2D eigenvalue weighted by Gasteiger charge is -2.16. The van der Waals surface area contributed by atoms with Crippen LogP contribution in [0, 0.1) is 13.8 Å². The molecule has 1 aliphatic rings. The van der Waals surface area contributed by atoms with Crippen molar-refractivity contribution in [1.82, 2.24) is 0 Å². The molecule has 0 saturated heterocycles. The van der Waals surface area contributed by atoms with Crippen LogP contribution in [0.25, 0.3) is 17.2 Å². The second-order valence-corrected chi connectivity index (χ2v) is 7.17. The third-order valence-electron chi connectivity index (χ3n) is 5.05. The molecule has 1 aromatic heterocycles. The van der Waals surface area contributed by atoms with Gasteiger partial charge >= 0.3 is 5.89 Å². The maximum Gasteiger partial charge on any atom is 0.379 e. The molecule has 0 amide bonds. The van der Waals surface area contributed by atoms with Gasteiger partial charge in [0.15, 0.2) is 12.3 Å². The maximum absolute atomic E-state index is 6.28. The maximum atomic E-state index is 6.28. The normalized spacial score (nSPS) is 14.8. The van der Waals surface area contributed by atoms with E-state index in [1.807, 2.05) is 6.08 Å². The van der Waals surface area contributed by atoms with E-state index in [2.05, 4.69) is 73.6 Å². The van der Waals surface area contributed by atoms with E-state index >= 15 is 0 Å². The van der Waals surface area contributed by atoms with Crippen LogP contribution >= 0.6 is 0 Å². The number of hydrogen-bond acceptors (Lipinski definition) is 3. The molecule has 140 valence electrons.